The SMILES string of the molecule is CCC[C@H](NC(=O)[C@H](C)OC(=O)c1cccnc1)c1ccccc1. The number of amides is 1. The van der Waals surface area contributed by atoms with E-state index in [0.29, 0.717) is 5.56 Å². The number of nitrogens with zero attached hydrogens (tertiary/aromatic N) is 1. The first-order valence-corrected chi connectivity index (χ1v) is 8.08. The molecule has 0 fully saturated rings. The summed E-state index contributed by atoms with van der Waals surface area (Å²) in [5.41, 5.74) is 1.36. The summed E-state index contributed by atoms with van der Waals surface area (Å²) < 4.78 is 5.22. The molecule has 2 aromatic rings. The molecule has 0 saturated carbocycles. The maximum Gasteiger partial charge on any atom is 0.340 e. The van der Waals surface area contributed by atoms with E-state index in [1.807, 2.05) is 30.3 Å². The number of benzene rings is 1. The predicted octanol–water partition coefficient (Wildman–Crippen LogP) is 3.28. The lowest BCUT2D eigenvalue weighted by Gasteiger charge is -2.21. The van der Waals surface area contributed by atoms with Crippen molar-refractivity contribution in [3.05, 3.63) is 66.0 Å². The molecule has 0 saturated heterocycles. The third-order valence-electron chi connectivity index (χ3n) is 3.65. The highest BCUT2D eigenvalue weighted by atomic mass is 16.5. The van der Waals surface area contributed by atoms with Crippen molar-refractivity contribution < 1.29 is 14.3 Å². The zero-order valence-electron chi connectivity index (χ0n) is 13.9. The summed E-state index contributed by atoms with van der Waals surface area (Å²) in [4.78, 5) is 28.2. The summed E-state index contributed by atoms with van der Waals surface area (Å²) in [6.07, 6.45) is 3.86. The number of esters is 1. The van der Waals surface area contributed by atoms with Gasteiger partial charge in [-0.3, -0.25) is 9.78 Å². The Morgan fingerprint density at radius 2 is 1.92 bits per heavy atom. The molecule has 2 rings (SSSR count). The van der Waals surface area contributed by atoms with E-state index in [2.05, 4.69) is 17.2 Å². The molecule has 5 heteroatoms. The fourth-order valence-electron chi connectivity index (χ4n) is 2.35. The van der Waals surface area contributed by atoms with Crippen LogP contribution in [0.3, 0.4) is 0 Å². The Morgan fingerprint density at radius 1 is 1.17 bits per heavy atom. The van der Waals surface area contributed by atoms with Gasteiger partial charge in [0.1, 0.15) is 0 Å². The van der Waals surface area contributed by atoms with Crippen LogP contribution in [0, 0.1) is 0 Å². The van der Waals surface area contributed by atoms with Crippen LogP contribution in [-0.2, 0) is 9.53 Å². The fraction of sp³-hybridized carbons (Fsp3) is 0.316. The lowest BCUT2D eigenvalue weighted by Crippen LogP contribution is -2.38. The molecule has 126 valence electrons. The van der Waals surface area contributed by atoms with E-state index in [-0.39, 0.29) is 11.9 Å². The lowest BCUT2D eigenvalue weighted by molar-refractivity contribution is -0.129. The number of pyridine rings is 1. The maximum absolute atomic E-state index is 12.4. The maximum atomic E-state index is 12.4. The quantitative estimate of drug-likeness (QED) is 0.793. The van der Waals surface area contributed by atoms with Crippen LogP contribution in [0.15, 0.2) is 54.9 Å². The van der Waals surface area contributed by atoms with Crippen molar-refractivity contribution in [3.63, 3.8) is 0 Å². The Hall–Kier alpha value is -2.69. The summed E-state index contributed by atoms with van der Waals surface area (Å²) in [5.74, 6) is -0.868. The van der Waals surface area contributed by atoms with Gasteiger partial charge in [0.15, 0.2) is 6.10 Å². The first-order chi connectivity index (χ1) is 11.6. The molecule has 0 radical (unpaired) electrons. The average molecular weight is 326 g/mol. The van der Waals surface area contributed by atoms with Gasteiger partial charge in [0, 0.05) is 12.4 Å². The number of nitrogens with one attached hydrogen (secondary N) is 1. The first kappa shape index (κ1) is 17.7. The third kappa shape index (κ3) is 4.91. The first-order valence-electron chi connectivity index (χ1n) is 8.08. The second-order valence-electron chi connectivity index (χ2n) is 5.55. The normalized spacial score (nSPS) is 12.9. The van der Waals surface area contributed by atoms with Crippen LogP contribution >= 0.6 is 0 Å². The van der Waals surface area contributed by atoms with Gasteiger partial charge in [-0.1, -0.05) is 43.7 Å². The van der Waals surface area contributed by atoms with E-state index >= 15 is 0 Å². The van der Waals surface area contributed by atoms with Gasteiger partial charge in [0.2, 0.25) is 0 Å². The number of hydrogen-bond acceptors (Lipinski definition) is 4. The van der Waals surface area contributed by atoms with Gasteiger partial charge in [-0.2, -0.15) is 0 Å². The summed E-state index contributed by atoms with van der Waals surface area (Å²) in [7, 11) is 0. The van der Waals surface area contributed by atoms with Crippen LogP contribution in [0.2, 0.25) is 0 Å². The van der Waals surface area contributed by atoms with E-state index in [0.717, 1.165) is 18.4 Å². The lowest BCUT2D eigenvalue weighted by atomic mass is 10.0. The predicted molar refractivity (Wildman–Crippen MR) is 91.3 cm³/mol. The number of rotatable bonds is 7. The summed E-state index contributed by atoms with van der Waals surface area (Å²) in [6.45, 7) is 3.63. The Balaban J connectivity index is 1.97. The minimum atomic E-state index is -0.874. The van der Waals surface area contributed by atoms with Gasteiger partial charge in [0.25, 0.3) is 5.91 Å². The molecular formula is C19H22N2O3. The molecule has 24 heavy (non-hydrogen) atoms. The van der Waals surface area contributed by atoms with Crippen molar-refractivity contribution in [2.75, 3.05) is 0 Å². The Morgan fingerprint density at radius 3 is 2.54 bits per heavy atom. The standard InChI is InChI=1S/C19H22N2O3/c1-3-8-17(15-9-5-4-6-10-15)21-18(22)14(2)24-19(23)16-11-7-12-20-13-16/h4-7,9-14,17H,3,8H2,1-2H3,(H,21,22)/t14-,17-/m0/s1. The second-order valence-corrected chi connectivity index (χ2v) is 5.55. The monoisotopic (exact) mass is 326 g/mol. The van der Waals surface area contributed by atoms with Crippen molar-refractivity contribution >= 4 is 11.9 Å². The van der Waals surface area contributed by atoms with Gasteiger partial charge in [-0.25, -0.2) is 4.79 Å². The molecule has 1 amide bonds. The van der Waals surface area contributed by atoms with E-state index in [1.165, 1.54) is 6.20 Å². The zero-order valence-corrected chi connectivity index (χ0v) is 13.9. The van der Waals surface area contributed by atoms with Crippen LogP contribution in [0.1, 0.15) is 48.7 Å². The molecule has 0 unspecified atom stereocenters. The molecule has 1 aromatic carbocycles. The number of ether oxygens (including phenoxy) is 1. The summed E-state index contributed by atoms with van der Waals surface area (Å²) in [5, 5.41) is 2.96. The summed E-state index contributed by atoms with van der Waals surface area (Å²) >= 11 is 0. The van der Waals surface area contributed by atoms with Crippen LogP contribution in [-0.4, -0.2) is 23.0 Å². The van der Waals surface area contributed by atoms with Gasteiger partial charge >= 0.3 is 5.97 Å². The number of carbonyl (C=O) groups excluding carboxylic acids is 2. The Kier molecular flexibility index (Phi) is 6.49. The van der Waals surface area contributed by atoms with Gasteiger partial charge in [0.05, 0.1) is 11.6 Å². The van der Waals surface area contributed by atoms with E-state index < -0.39 is 12.1 Å². The number of aromatic nitrogens is 1. The minimum Gasteiger partial charge on any atom is -0.449 e. The molecule has 0 aliphatic rings. The topological polar surface area (TPSA) is 68.3 Å². The molecule has 5 nitrogen and oxygen atoms in total. The third-order valence-corrected chi connectivity index (χ3v) is 3.65. The highest BCUT2D eigenvalue weighted by molar-refractivity contribution is 5.91. The molecule has 0 spiro atoms. The van der Waals surface area contributed by atoms with E-state index in [1.54, 1.807) is 25.3 Å². The largest absolute Gasteiger partial charge is 0.449 e. The van der Waals surface area contributed by atoms with Crippen LogP contribution < -0.4 is 5.32 Å². The highest BCUT2D eigenvalue weighted by Crippen LogP contribution is 2.18. The smallest absolute Gasteiger partial charge is 0.340 e. The molecule has 1 heterocycles. The van der Waals surface area contributed by atoms with Crippen molar-refractivity contribution in [2.45, 2.75) is 38.8 Å². The van der Waals surface area contributed by atoms with Gasteiger partial charge < -0.3 is 10.1 Å². The summed E-state index contributed by atoms with van der Waals surface area (Å²) in [6, 6.07) is 12.9. The zero-order chi connectivity index (χ0) is 17.4. The van der Waals surface area contributed by atoms with Crippen molar-refractivity contribution in [2.24, 2.45) is 0 Å². The van der Waals surface area contributed by atoms with Crippen LogP contribution in [0.5, 0.6) is 0 Å². The molecule has 0 aliphatic carbocycles. The van der Waals surface area contributed by atoms with Crippen molar-refractivity contribution in [1.29, 1.82) is 0 Å². The Labute approximate surface area is 142 Å². The average Bonchev–Trinajstić information content (AvgIpc) is 2.62. The molecule has 2 atom stereocenters. The van der Waals surface area contributed by atoms with Crippen molar-refractivity contribution in [1.82, 2.24) is 10.3 Å². The van der Waals surface area contributed by atoms with E-state index in [9.17, 15) is 9.59 Å². The molecule has 1 N–H and O–H groups in total. The highest BCUT2D eigenvalue weighted by Gasteiger charge is 2.22. The van der Waals surface area contributed by atoms with Crippen LogP contribution in [0.4, 0.5) is 0 Å². The molecular weight excluding hydrogens is 304 g/mol. The van der Waals surface area contributed by atoms with E-state index in [4.69, 9.17) is 4.74 Å². The Bertz CT molecular complexity index is 659. The number of carbonyl (C=O) groups is 2. The second kappa shape index (κ2) is 8.82. The van der Waals surface area contributed by atoms with Gasteiger partial charge in [-0.05, 0) is 31.0 Å². The number of hydrogen-bond donors (Lipinski definition) is 1. The minimum absolute atomic E-state index is 0.0942. The molecule has 0 aliphatic heterocycles. The van der Waals surface area contributed by atoms with Crippen LogP contribution in [0.25, 0.3) is 0 Å². The molecule has 0 bridgehead atoms. The van der Waals surface area contributed by atoms with Gasteiger partial charge in [-0.15, -0.1) is 0 Å². The fourth-order valence-corrected chi connectivity index (χ4v) is 2.35. The van der Waals surface area contributed by atoms with Crippen molar-refractivity contribution in [3.8, 4) is 0 Å². The molecule has 1 aromatic heterocycles.